The van der Waals surface area contributed by atoms with Gasteiger partial charge in [0.25, 0.3) is 0 Å². The summed E-state index contributed by atoms with van der Waals surface area (Å²) in [4.78, 5) is 24.5. The number of Topliss-reactive ketones (excluding diaryl/α,β-unsaturated/α-hetero) is 1. The molecule has 0 spiro atoms. The van der Waals surface area contributed by atoms with Crippen LogP contribution in [0.5, 0.6) is 0 Å². The summed E-state index contributed by atoms with van der Waals surface area (Å²) in [5.74, 6) is -1.48. The standard InChI is InChI=1S/C26H26FN3O5S/c1-17-25(24(35-29-17)13-12-19-7-3-4-11-23(19)27)36(33,34)30-14-6-9-21(16-30)26(32)28-22-10-5-8-20(15-22)18(2)31/h3-5,7-8,10-13,15,21H,6,9,14,16H2,1-2H3,(H,28,32)/b13-12+/t21-/m1/s1. The Hall–Kier alpha value is -3.63. The van der Waals surface area contributed by atoms with E-state index in [2.05, 4.69) is 10.5 Å². The fourth-order valence-electron chi connectivity index (χ4n) is 4.14. The summed E-state index contributed by atoms with van der Waals surface area (Å²) in [6.45, 7) is 3.19. The highest BCUT2D eigenvalue weighted by Crippen LogP contribution is 2.30. The zero-order valence-corrected chi connectivity index (χ0v) is 20.7. The number of benzene rings is 2. The zero-order chi connectivity index (χ0) is 25.9. The smallest absolute Gasteiger partial charge is 0.248 e. The molecule has 0 unspecified atom stereocenters. The summed E-state index contributed by atoms with van der Waals surface area (Å²) in [5.41, 5.74) is 1.40. The number of hydrogen-bond acceptors (Lipinski definition) is 6. The third-order valence-corrected chi connectivity index (χ3v) is 8.07. The minimum Gasteiger partial charge on any atom is -0.355 e. The summed E-state index contributed by atoms with van der Waals surface area (Å²) in [6, 6.07) is 12.7. The summed E-state index contributed by atoms with van der Waals surface area (Å²) < 4.78 is 47.6. The fourth-order valence-corrected chi connectivity index (χ4v) is 5.91. The average Bonchev–Trinajstić information content (AvgIpc) is 3.24. The lowest BCUT2D eigenvalue weighted by Crippen LogP contribution is -2.43. The Morgan fingerprint density at radius 2 is 1.94 bits per heavy atom. The third-order valence-electron chi connectivity index (χ3n) is 6.04. The van der Waals surface area contributed by atoms with Gasteiger partial charge in [0.15, 0.2) is 16.4 Å². The van der Waals surface area contributed by atoms with Crippen LogP contribution in [-0.2, 0) is 14.8 Å². The van der Waals surface area contributed by atoms with Gasteiger partial charge in [-0.05, 0) is 57.0 Å². The Labute approximate surface area is 208 Å². The molecule has 2 aromatic carbocycles. The fraction of sp³-hybridized carbons (Fsp3) is 0.269. The summed E-state index contributed by atoms with van der Waals surface area (Å²) >= 11 is 0. The van der Waals surface area contributed by atoms with Crippen LogP contribution < -0.4 is 5.32 Å². The average molecular weight is 512 g/mol. The van der Waals surface area contributed by atoms with Crippen LogP contribution in [0.4, 0.5) is 10.1 Å². The Kier molecular flexibility index (Phi) is 7.46. The molecule has 4 rings (SSSR count). The van der Waals surface area contributed by atoms with Crippen LogP contribution in [0.3, 0.4) is 0 Å². The van der Waals surface area contributed by atoms with Crippen molar-refractivity contribution in [3.05, 3.63) is 76.9 Å². The van der Waals surface area contributed by atoms with Crippen LogP contribution in [0.25, 0.3) is 12.2 Å². The van der Waals surface area contributed by atoms with Crippen molar-refractivity contribution in [1.82, 2.24) is 9.46 Å². The molecule has 8 nitrogen and oxygen atoms in total. The van der Waals surface area contributed by atoms with E-state index in [-0.39, 0.29) is 46.7 Å². The van der Waals surface area contributed by atoms with Crippen molar-refractivity contribution in [2.75, 3.05) is 18.4 Å². The van der Waals surface area contributed by atoms with Gasteiger partial charge >= 0.3 is 0 Å². The van der Waals surface area contributed by atoms with Crippen LogP contribution >= 0.6 is 0 Å². The molecular weight excluding hydrogens is 485 g/mol. The minimum absolute atomic E-state index is 0.0108. The van der Waals surface area contributed by atoms with E-state index in [1.165, 1.54) is 36.4 Å². The van der Waals surface area contributed by atoms with E-state index in [4.69, 9.17) is 4.52 Å². The molecule has 1 amide bonds. The molecule has 1 atom stereocenters. The Balaban J connectivity index is 1.53. The first-order chi connectivity index (χ1) is 17.2. The number of aromatic nitrogens is 1. The Morgan fingerprint density at radius 3 is 2.69 bits per heavy atom. The number of anilines is 1. The number of carbonyl (C=O) groups excluding carboxylic acids is 2. The molecule has 1 fully saturated rings. The van der Waals surface area contributed by atoms with E-state index in [0.717, 1.165) is 0 Å². The second-order valence-corrected chi connectivity index (χ2v) is 10.5. The molecule has 10 heteroatoms. The van der Waals surface area contributed by atoms with Crippen molar-refractivity contribution in [2.45, 2.75) is 31.6 Å². The van der Waals surface area contributed by atoms with Crippen molar-refractivity contribution < 1.29 is 26.9 Å². The van der Waals surface area contributed by atoms with Gasteiger partial charge in [0.1, 0.15) is 11.5 Å². The molecule has 188 valence electrons. The van der Waals surface area contributed by atoms with Crippen LogP contribution in [0, 0.1) is 18.7 Å². The maximum absolute atomic E-state index is 14.0. The van der Waals surface area contributed by atoms with Crippen molar-refractivity contribution >= 4 is 39.6 Å². The number of aryl methyl sites for hydroxylation is 1. The second kappa shape index (κ2) is 10.5. The van der Waals surface area contributed by atoms with Gasteiger partial charge in [0.05, 0.1) is 5.92 Å². The van der Waals surface area contributed by atoms with E-state index in [0.29, 0.717) is 24.1 Å². The predicted octanol–water partition coefficient (Wildman–Crippen LogP) is 4.53. The van der Waals surface area contributed by atoms with Gasteiger partial charge < -0.3 is 9.84 Å². The highest BCUT2D eigenvalue weighted by Gasteiger charge is 2.37. The number of nitrogens with zero attached hydrogens (tertiary/aromatic N) is 2. The molecule has 1 aliphatic heterocycles. The Morgan fingerprint density at radius 1 is 1.17 bits per heavy atom. The first-order valence-corrected chi connectivity index (χ1v) is 12.9. The SMILES string of the molecule is CC(=O)c1cccc(NC(=O)[C@@H]2CCCN(S(=O)(=O)c3c(C)noc3/C=C/c3ccccc3F)C2)c1. The number of amides is 1. The number of nitrogens with one attached hydrogen (secondary N) is 1. The van der Waals surface area contributed by atoms with Gasteiger partial charge in [0, 0.05) is 29.9 Å². The quantitative estimate of drug-likeness (QED) is 0.467. The molecule has 36 heavy (non-hydrogen) atoms. The molecule has 1 aliphatic rings. The number of halogens is 1. The lowest BCUT2D eigenvalue weighted by Gasteiger charge is -2.31. The summed E-state index contributed by atoms with van der Waals surface area (Å²) in [6.07, 6.45) is 3.82. The topological polar surface area (TPSA) is 110 Å². The van der Waals surface area contributed by atoms with E-state index in [1.54, 1.807) is 42.5 Å². The lowest BCUT2D eigenvalue weighted by atomic mass is 9.98. The number of piperidine rings is 1. The van der Waals surface area contributed by atoms with Crippen LogP contribution in [0.1, 0.15) is 47.1 Å². The molecule has 1 aromatic heterocycles. The van der Waals surface area contributed by atoms with Gasteiger partial charge in [-0.3, -0.25) is 9.59 Å². The maximum atomic E-state index is 14.0. The van der Waals surface area contributed by atoms with Crippen molar-refractivity contribution in [3.63, 3.8) is 0 Å². The van der Waals surface area contributed by atoms with Gasteiger partial charge in [-0.15, -0.1) is 0 Å². The van der Waals surface area contributed by atoms with E-state index < -0.39 is 21.8 Å². The number of carbonyl (C=O) groups is 2. The molecular formula is C26H26FN3O5S. The number of sulfonamides is 1. The minimum atomic E-state index is -4.04. The van der Waals surface area contributed by atoms with E-state index >= 15 is 0 Å². The first kappa shape index (κ1) is 25.5. The van der Waals surface area contributed by atoms with Gasteiger partial charge in [0.2, 0.25) is 15.9 Å². The van der Waals surface area contributed by atoms with Crippen molar-refractivity contribution in [2.24, 2.45) is 5.92 Å². The molecule has 2 heterocycles. The molecule has 0 aliphatic carbocycles. The van der Waals surface area contributed by atoms with E-state index in [9.17, 15) is 22.4 Å². The number of ketones is 1. The summed E-state index contributed by atoms with van der Waals surface area (Å²) in [5, 5.41) is 6.60. The highest BCUT2D eigenvalue weighted by atomic mass is 32.2. The van der Waals surface area contributed by atoms with Gasteiger partial charge in [-0.25, -0.2) is 12.8 Å². The Bertz CT molecular complexity index is 1430. The van der Waals surface area contributed by atoms with Crippen molar-refractivity contribution in [1.29, 1.82) is 0 Å². The molecule has 0 radical (unpaired) electrons. The van der Waals surface area contributed by atoms with Crippen LogP contribution in [-0.4, -0.2) is 42.7 Å². The first-order valence-electron chi connectivity index (χ1n) is 11.5. The second-order valence-electron chi connectivity index (χ2n) is 8.64. The summed E-state index contributed by atoms with van der Waals surface area (Å²) in [7, 11) is -4.04. The van der Waals surface area contributed by atoms with Crippen molar-refractivity contribution in [3.8, 4) is 0 Å². The molecule has 0 saturated carbocycles. The zero-order valence-electron chi connectivity index (χ0n) is 19.9. The molecule has 0 bridgehead atoms. The molecule has 1 N–H and O–H groups in total. The maximum Gasteiger partial charge on any atom is 0.248 e. The number of rotatable bonds is 7. The van der Waals surface area contributed by atoms with Crippen LogP contribution in [0.15, 0.2) is 57.9 Å². The van der Waals surface area contributed by atoms with Crippen LogP contribution in [0.2, 0.25) is 0 Å². The lowest BCUT2D eigenvalue weighted by molar-refractivity contribution is -0.120. The molecule has 1 saturated heterocycles. The third kappa shape index (κ3) is 5.44. The highest BCUT2D eigenvalue weighted by molar-refractivity contribution is 7.89. The van der Waals surface area contributed by atoms with Gasteiger partial charge in [-0.1, -0.05) is 35.5 Å². The van der Waals surface area contributed by atoms with Gasteiger partial charge in [-0.2, -0.15) is 4.31 Å². The monoisotopic (exact) mass is 511 g/mol. The predicted molar refractivity (Wildman–Crippen MR) is 133 cm³/mol. The van der Waals surface area contributed by atoms with E-state index in [1.807, 2.05) is 0 Å². The largest absolute Gasteiger partial charge is 0.355 e. The molecule has 3 aromatic rings. The normalized spacial score (nSPS) is 16.8. The number of hydrogen-bond donors (Lipinski definition) is 1.